The summed E-state index contributed by atoms with van der Waals surface area (Å²) in [5, 5.41) is 3.32. The summed E-state index contributed by atoms with van der Waals surface area (Å²) in [7, 11) is 0. The lowest BCUT2D eigenvalue weighted by Crippen LogP contribution is -2.44. The van der Waals surface area contributed by atoms with Gasteiger partial charge in [0.2, 0.25) is 5.91 Å². The zero-order chi connectivity index (χ0) is 10.8. The van der Waals surface area contributed by atoms with E-state index in [2.05, 4.69) is 24.1 Å². The Morgan fingerprint density at radius 1 is 1.40 bits per heavy atom. The van der Waals surface area contributed by atoms with Crippen molar-refractivity contribution in [1.82, 2.24) is 10.2 Å². The first-order chi connectivity index (χ1) is 7.18. The summed E-state index contributed by atoms with van der Waals surface area (Å²) in [6.45, 7) is 7.35. The van der Waals surface area contributed by atoms with Crippen LogP contribution in [0.5, 0.6) is 0 Å². The van der Waals surface area contributed by atoms with Crippen LogP contribution in [-0.2, 0) is 4.79 Å². The fourth-order valence-electron chi connectivity index (χ4n) is 2.90. The molecule has 2 saturated heterocycles. The molecule has 0 aromatic carbocycles. The van der Waals surface area contributed by atoms with Gasteiger partial charge in [-0.25, -0.2) is 0 Å². The maximum Gasteiger partial charge on any atom is 0.227 e. The van der Waals surface area contributed by atoms with E-state index in [4.69, 9.17) is 0 Å². The van der Waals surface area contributed by atoms with Gasteiger partial charge in [0.25, 0.3) is 0 Å². The standard InChI is InChI=1S/C12H22N2O/c1-9-6-10(2)14(8-9)12(15)11-4-3-5-13-7-11/h9-11,13H,3-8H2,1-2H3/t9?,10?,11-/m1/s1. The Bertz CT molecular complexity index is 236. The number of rotatable bonds is 1. The van der Waals surface area contributed by atoms with Crippen molar-refractivity contribution in [2.45, 2.75) is 39.2 Å². The van der Waals surface area contributed by atoms with Gasteiger partial charge in [0.1, 0.15) is 0 Å². The average Bonchev–Trinajstić information content (AvgIpc) is 2.58. The van der Waals surface area contributed by atoms with Crippen LogP contribution in [-0.4, -0.2) is 36.5 Å². The van der Waals surface area contributed by atoms with Crippen molar-refractivity contribution < 1.29 is 4.79 Å². The number of nitrogens with zero attached hydrogens (tertiary/aromatic N) is 1. The number of carbonyl (C=O) groups is 1. The van der Waals surface area contributed by atoms with Crippen molar-refractivity contribution in [2.75, 3.05) is 19.6 Å². The molecule has 1 N–H and O–H groups in total. The van der Waals surface area contributed by atoms with E-state index in [0.29, 0.717) is 17.9 Å². The van der Waals surface area contributed by atoms with Crippen molar-refractivity contribution in [2.24, 2.45) is 11.8 Å². The van der Waals surface area contributed by atoms with Gasteiger partial charge in [-0.15, -0.1) is 0 Å². The van der Waals surface area contributed by atoms with Crippen molar-refractivity contribution in [3.63, 3.8) is 0 Å². The van der Waals surface area contributed by atoms with E-state index < -0.39 is 0 Å². The van der Waals surface area contributed by atoms with E-state index >= 15 is 0 Å². The Balaban J connectivity index is 1.94. The molecule has 2 aliphatic heterocycles. The van der Waals surface area contributed by atoms with Gasteiger partial charge < -0.3 is 10.2 Å². The minimum absolute atomic E-state index is 0.242. The number of carbonyl (C=O) groups excluding carboxylic acids is 1. The van der Waals surface area contributed by atoms with E-state index in [-0.39, 0.29) is 5.92 Å². The van der Waals surface area contributed by atoms with E-state index in [1.807, 2.05) is 0 Å². The zero-order valence-electron chi connectivity index (χ0n) is 9.83. The van der Waals surface area contributed by atoms with Gasteiger partial charge in [0, 0.05) is 19.1 Å². The van der Waals surface area contributed by atoms with Gasteiger partial charge >= 0.3 is 0 Å². The molecule has 3 heteroatoms. The summed E-state index contributed by atoms with van der Waals surface area (Å²) in [6, 6.07) is 0.453. The Morgan fingerprint density at radius 2 is 2.20 bits per heavy atom. The molecule has 1 amide bonds. The second-order valence-electron chi connectivity index (χ2n) is 5.22. The monoisotopic (exact) mass is 210 g/mol. The van der Waals surface area contributed by atoms with E-state index in [0.717, 1.165) is 32.5 Å². The van der Waals surface area contributed by atoms with Crippen molar-refractivity contribution in [3.8, 4) is 0 Å². The molecule has 3 atom stereocenters. The van der Waals surface area contributed by atoms with Gasteiger partial charge in [-0.3, -0.25) is 4.79 Å². The molecule has 2 heterocycles. The van der Waals surface area contributed by atoms with Crippen LogP contribution in [0.3, 0.4) is 0 Å². The van der Waals surface area contributed by atoms with Gasteiger partial charge in [-0.2, -0.15) is 0 Å². The highest BCUT2D eigenvalue weighted by atomic mass is 16.2. The molecule has 0 aliphatic carbocycles. The lowest BCUT2D eigenvalue weighted by molar-refractivity contribution is -0.136. The lowest BCUT2D eigenvalue weighted by Gasteiger charge is -2.29. The summed E-state index contributed by atoms with van der Waals surface area (Å²) in [5.41, 5.74) is 0. The number of amides is 1. The number of hydrogen-bond acceptors (Lipinski definition) is 2. The minimum atomic E-state index is 0.242. The highest BCUT2D eigenvalue weighted by Crippen LogP contribution is 2.25. The Labute approximate surface area is 92.2 Å². The first-order valence-corrected chi connectivity index (χ1v) is 6.19. The first kappa shape index (κ1) is 10.9. The normalized spacial score (nSPS) is 36.9. The molecule has 2 aliphatic rings. The van der Waals surface area contributed by atoms with Crippen LogP contribution in [0.15, 0.2) is 0 Å². The van der Waals surface area contributed by atoms with E-state index in [1.54, 1.807) is 0 Å². The number of nitrogens with one attached hydrogen (secondary N) is 1. The summed E-state index contributed by atoms with van der Waals surface area (Å²) >= 11 is 0. The highest BCUT2D eigenvalue weighted by molar-refractivity contribution is 5.79. The fraction of sp³-hybridized carbons (Fsp3) is 0.917. The predicted molar refractivity (Wildman–Crippen MR) is 60.5 cm³/mol. The Morgan fingerprint density at radius 3 is 2.73 bits per heavy atom. The Kier molecular flexibility index (Phi) is 3.29. The van der Waals surface area contributed by atoms with Crippen LogP contribution in [0.1, 0.15) is 33.1 Å². The first-order valence-electron chi connectivity index (χ1n) is 6.19. The smallest absolute Gasteiger partial charge is 0.227 e. The molecule has 0 saturated carbocycles. The number of hydrogen-bond donors (Lipinski definition) is 1. The van der Waals surface area contributed by atoms with E-state index in [9.17, 15) is 4.79 Å². The third-order valence-electron chi connectivity index (χ3n) is 3.71. The molecule has 2 unspecified atom stereocenters. The summed E-state index contributed by atoms with van der Waals surface area (Å²) in [4.78, 5) is 14.3. The summed E-state index contributed by atoms with van der Waals surface area (Å²) < 4.78 is 0. The molecule has 3 nitrogen and oxygen atoms in total. The molecule has 2 fully saturated rings. The summed E-state index contributed by atoms with van der Waals surface area (Å²) in [6.07, 6.45) is 3.39. The molecule has 15 heavy (non-hydrogen) atoms. The van der Waals surface area contributed by atoms with Crippen molar-refractivity contribution in [1.29, 1.82) is 0 Å². The van der Waals surface area contributed by atoms with Crippen LogP contribution in [0, 0.1) is 11.8 Å². The Hall–Kier alpha value is -0.570. The number of piperidine rings is 1. The largest absolute Gasteiger partial charge is 0.339 e. The molecule has 0 aromatic rings. The van der Waals surface area contributed by atoms with Crippen LogP contribution in [0.4, 0.5) is 0 Å². The quantitative estimate of drug-likeness (QED) is 0.706. The van der Waals surface area contributed by atoms with Crippen LogP contribution >= 0.6 is 0 Å². The van der Waals surface area contributed by atoms with Crippen molar-refractivity contribution in [3.05, 3.63) is 0 Å². The fourth-order valence-corrected chi connectivity index (χ4v) is 2.90. The van der Waals surface area contributed by atoms with Crippen LogP contribution < -0.4 is 5.32 Å². The van der Waals surface area contributed by atoms with Gasteiger partial charge in [0.05, 0.1) is 5.92 Å². The third-order valence-corrected chi connectivity index (χ3v) is 3.71. The minimum Gasteiger partial charge on any atom is -0.339 e. The second-order valence-corrected chi connectivity index (χ2v) is 5.22. The van der Waals surface area contributed by atoms with Gasteiger partial charge in [-0.05, 0) is 38.6 Å². The van der Waals surface area contributed by atoms with Crippen LogP contribution in [0.2, 0.25) is 0 Å². The molecular formula is C12H22N2O. The number of likely N-dealkylation sites (tertiary alicyclic amines) is 1. The summed E-state index contributed by atoms with van der Waals surface area (Å²) in [5.74, 6) is 1.31. The topological polar surface area (TPSA) is 32.3 Å². The van der Waals surface area contributed by atoms with E-state index in [1.165, 1.54) is 6.42 Å². The molecule has 0 spiro atoms. The molecule has 2 rings (SSSR count). The predicted octanol–water partition coefficient (Wildman–Crippen LogP) is 1.24. The maximum absolute atomic E-state index is 12.2. The maximum atomic E-state index is 12.2. The molecule has 0 aromatic heterocycles. The second kappa shape index (κ2) is 4.52. The molecule has 0 bridgehead atoms. The van der Waals surface area contributed by atoms with Gasteiger partial charge in [0.15, 0.2) is 0 Å². The van der Waals surface area contributed by atoms with Crippen molar-refractivity contribution >= 4 is 5.91 Å². The SMILES string of the molecule is CC1CC(C)N(C(=O)[C@@H]2CCCNC2)C1. The van der Waals surface area contributed by atoms with Crippen LogP contribution in [0.25, 0.3) is 0 Å². The van der Waals surface area contributed by atoms with Gasteiger partial charge in [-0.1, -0.05) is 6.92 Å². The lowest BCUT2D eigenvalue weighted by atomic mass is 9.98. The highest BCUT2D eigenvalue weighted by Gasteiger charge is 2.34. The third kappa shape index (κ3) is 2.33. The zero-order valence-corrected chi connectivity index (χ0v) is 9.83. The molecule has 0 radical (unpaired) electrons. The average molecular weight is 210 g/mol. The molecule has 86 valence electrons. The molecular weight excluding hydrogens is 188 g/mol.